The Kier molecular flexibility index (Phi) is 6.37. The predicted octanol–water partition coefficient (Wildman–Crippen LogP) is 5.39. The molecule has 0 unspecified atom stereocenters. The van der Waals surface area contributed by atoms with E-state index in [1.165, 1.54) is 11.8 Å². The number of halogens is 1. The van der Waals surface area contributed by atoms with E-state index in [0.29, 0.717) is 15.9 Å². The molecule has 0 fully saturated rings. The highest BCUT2D eigenvalue weighted by molar-refractivity contribution is 7.99. The molecule has 4 aromatic rings. The summed E-state index contributed by atoms with van der Waals surface area (Å²) in [6.07, 6.45) is 0. The van der Waals surface area contributed by atoms with Crippen LogP contribution in [0.1, 0.15) is 0 Å². The summed E-state index contributed by atoms with van der Waals surface area (Å²) in [6, 6.07) is 18.7. The van der Waals surface area contributed by atoms with E-state index >= 15 is 0 Å². The average molecular weight is 457 g/mol. The fourth-order valence-electron chi connectivity index (χ4n) is 2.79. The van der Waals surface area contributed by atoms with Crippen LogP contribution in [0.5, 0.6) is 5.75 Å². The molecule has 0 saturated heterocycles. The van der Waals surface area contributed by atoms with E-state index in [2.05, 4.69) is 15.5 Å². The summed E-state index contributed by atoms with van der Waals surface area (Å²) < 4.78 is 7.20. The highest BCUT2D eigenvalue weighted by Crippen LogP contribution is 2.31. The number of carbonyl (C=O) groups excluding carboxylic acids is 1. The summed E-state index contributed by atoms with van der Waals surface area (Å²) in [5, 5.41) is 14.7. The molecule has 0 radical (unpaired) electrons. The fourth-order valence-corrected chi connectivity index (χ4v) is 4.43. The number of benzene rings is 2. The Hall–Kier alpha value is -2.81. The number of nitrogens with zero attached hydrogens (tertiary/aromatic N) is 3. The van der Waals surface area contributed by atoms with Crippen molar-refractivity contribution in [2.45, 2.75) is 5.16 Å². The summed E-state index contributed by atoms with van der Waals surface area (Å²) in [7, 11) is 1.63. The Morgan fingerprint density at radius 2 is 2.00 bits per heavy atom. The van der Waals surface area contributed by atoms with Crippen LogP contribution in [0.2, 0.25) is 5.02 Å². The second-order valence-corrected chi connectivity index (χ2v) is 8.49. The largest absolute Gasteiger partial charge is 0.497 e. The minimum absolute atomic E-state index is 0.149. The first-order valence-corrected chi connectivity index (χ1v) is 11.2. The van der Waals surface area contributed by atoms with Crippen molar-refractivity contribution < 1.29 is 9.53 Å². The van der Waals surface area contributed by atoms with Gasteiger partial charge in [0.05, 0.1) is 23.4 Å². The number of carbonyl (C=O) groups is 1. The van der Waals surface area contributed by atoms with Crippen LogP contribution in [0.3, 0.4) is 0 Å². The van der Waals surface area contributed by atoms with Crippen LogP contribution >= 0.6 is 34.7 Å². The van der Waals surface area contributed by atoms with Crippen LogP contribution in [0.25, 0.3) is 16.4 Å². The van der Waals surface area contributed by atoms with E-state index in [4.69, 9.17) is 16.3 Å². The Labute approximate surface area is 186 Å². The number of rotatable bonds is 7. The highest BCUT2D eigenvalue weighted by Gasteiger charge is 2.18. The van der Waals surface area contributed by atoms with Gasteiger partial charge < -0.3 is 10.1 Å². The van der Waals surface area contributed by atoms with Gasteiger partial charge in [-0.3, -0.25) is 9.36 Å². The van der Waals surface area contributed by atoms with Crippen molar-refractivity contribution in [2.24, 2.45) is 0 Å². The van der Waals surface area contributed by atoms with Gasteiger partial charge in [-0.25, -0.2) is 0 Å². The van der Waals surface area contributed by atoms with Crippen LogP contribution < -0.4 is 10.1 Å². The third-order valence-corrected chi connectivity index (χ3v) is 6.18. The summed E-state index contributed by atoms with van der Waals surface area (Å²) in [4.78, 5) is 13.4. The van der Waals surface area contributed by atoms with E-state index in [0.717, 1.165) is 22.1 Å². The quantitative estimate of drug-likeness (QED) is 0.377. The maximum Gasteiger partial charge on any atom is 0.234 e. The number of hydrogen-bond acceptors (Lipinski definition) is 6. The van der Waals surface area contributed by atoms with Crippen LogP contribution in [0, 0.1) is 0 Å². The van der Waals surface area contributed by atoms with Crippen molar-refractivity contribution in [3.63, 3.8) is 0 Å². The normalized spacial score (nSPS) is 10.7. The fraction of sp³-hybridized carbons (Fsp3) is 0.0952. The predicted molar refractivity (Wildman–Crippen MR) is 122 cm³/mol. The van der Waals surface area contributed by atoms with Crippen molar-refractivity contribution in [1.82, 2.24) is 14.8 Å². The molecule has 0 saturated carbocycles. The van der Waals surface area contributed by atoms with Crippen LogP contribution in [-0.4, -0.2) is 33.5 Å². The van der Waals surface area contributed by atoms with Crippen molar-refractivity contribution in [1.29, 1.82) is 0 Å². The van der Waals surface area contributed by atoms with Gasteiger partial charge in [-0.2, -0.15) is 0 Å². The minimum Gasteiger partial charge on any atom is -0.497 e. The molecule has 0 aliphatic carbocycles. The lowest BCUT2D eigenvalue weighted by Crippen LogP contribution is -2.14. The van der Waals surface area contributed by atoms with Gasteiger partial charge in [0.15, 0.2) is 11.0 Å². The zero-order chi connectivity index (χ0) is 20.9. The summed E-state index contributed by atoms with van der Waals surface area (Å²) in [5.41, 5.74) is 1.55. The molecular formula is C21H17ClN4O2S2. The van der Waals surface area contributed by atoms with E-state index in [9.17, 15) is 4.79 Å². The second-order valence-electron chi connectivity index (χ2n) is 6.16. The minimum atomic E-state index is -0.149. The van der Waals surface area contributed by atoms with Gasteiger partial charge in [-0.15, -0.1) is 21.5 Å². The molecule has 6 nitrogen and oxygen atoms in total. The van der Waals surface area contributed by atoms with Crippen molar-refractivity contribution in [2.75, 3.05) is 18.2 Å². The molecule has 0 aliphatic heterocycles. The second kappa shape index (κ2) is 9.34. The average Bonchev–Trinajstić information content (AvgIpc) is 3.42. The molecule has 9 heteroatoms. The van der Waals surface area contributed by atoms with Gasteiger partial charge in [-0.05, 0) is 53.9 Å². The maximum absolute atomic E-state index is 12.4. The van der Waals surface area contributed by atoms with E-state index in [-0.39, 0.29) is 11.7 Å². The van der Waals surface area contributed by atoms with Gasteiger partial charge in [-0.1, -0.05) is 35.5 Å². The lowest BCUT2D eigenvalue weighted by Gasteiger charge is -2.10. The number of aromatic nitrogens is 3. The lowest BCUT2D eigenvalue weighted by atomic mass is 10.3. The van der Waals surface area contributed by atoms with Gasteiger partial charge >= 0.3 is 0 Å². The Balaban J connectivity index is 1.57. The lowest BCUT2D eigenvalue weighted by molar-refractivity contribution is -0.113. The number of ether oxygens (including phenoxy) is 1. The molecule has 0 spiro atoms. The molecule has 4 rings (SSSR count). The Morgan fingerprint density at radius 3 is 2.70 bits per heavy atom. The molecule has 1 N–H and O–H groups in total. The summed E-state index contributed by atoms with van der Waals surface area (Å²) in [5.74, 6) is 1.53. The Bertz CT molecular complexity index is 1140. The maximum atomic E-state index is 12.4. The molecular weight excluding hydrogens is 440 g/mol. The molecule has 0 atom stereocenters. The molecule has 2 heterocycles. The number of nitrogens with one attached hydrogen (secondary N) is 1. The van der Waals surface area contributed by atoms with Crippen molar-refractivity contribution >= 4 is 46.3 Å². The molecule has 1 amide bonds. The van der Waals surface area contributed by atoms with Crippen LogP contribution in [-0.2, 0) is 4.79 Å². The van der Waals surface area contributed by atoms with E-state index in [1.807, 2.05) is 46.3 Å². The van der Waals surface area contributed by atoms with Crippen molar-refractivity contribution in [3.8, 4) is 22.1 Å². The number of thiophene rings is 1. The number of amides is 1. The van der Waals surface area contributed by atoms with E-state index < -0.39 is 0 Å². The first-order valence-electron chi connectivity index (χ1n) is 8.96. The van der Waals surface area contributed by atoms with Gasteiger partial charge in [0.1, 0.15) is 5.75 Å². The van der Waals surface area contributed by atoms with Crippen LogP contribution in [0.15, 0.2) is 71.2 Å². The van der Waals surface area contributed by atoms with Gasteiger partial charge in [0, 0.05) is 10.7 Å². The summed E-state index contributed by atoms with van der Waals surface area (Å²) in [6.45, 7) is 0. The van der Waals surface area contributed by atoms with Crippen LogP contribution in [0.4, 0.5) is 5.69 Å². The van der Waals surface area contributed by atoms with Gasteiger partial charge in [0.2, 0.25) is 5.91 Å². The Morgan fingerprint density at radius 1 is 1.17 bits per heavy atom. The van der Waals surface area contributed by atoms with Gasteiger partial charge in [0.25, 0.3) is 0 Å². The molecule has 0 bridgehead atoms. The number of methoxy groups -OCH3 is 1. The van der Waals surface area contributed by atoms with Crippen molar-refractivity contribution in [3.05, 3.63) is 71.1 Å². The topological polar surface area (TPSA) is 69.0 Å². The highest BCUT2D eigenvalue weighted by atomic mass is 35.5. The zero-order valence-electron chi connectivity index (χ0n) is 15.9. The summed E-state index contributed by atoms with van der Waals surface area (Å²) >= 11 is 8.88. The molecule has 2 aromatic heterocycles. The standard InChI is InChI=1S/C21H17ClN4O2S2/c1-28-17-9-7-16(8-10-17)26-20(18-6-3-11-29-18)24-25-21(26)30-13-19(27)23-15-5-2-4-14(22)12-15/h2-12H,13H2,1H3,(H,23,27). The molecule has 30 heavy (non-hydrogen) atoms. The first kappa shape index (κ1) is 20.5. The molecule has 2 aromatic carbocycles. The third-order valence-electron chi connectivity index (χ3n) is 4.15. The first-order chi connectivity index (χ1) is 14.6. The number of thioether (sulfide) groups is 1. The monoisotopic (exact) mass is 456 g/mol. The smallest absolute Gasteiger partial charge is 0.234 e. The zero-order valence-corrected chi connectivity index (χ0v) is 18.3. The molecule has 0 aliphatic rings. The number of anilines is 1. The van der Waals surface area contributed by atoms with E-state index in [1.54, 1.807) is 42.7 Å². The SMILES string of the molecule is COc1ccc(-n2c(SCC(=O)Nc3cccc(Cl)c3)nnc2-c2cccs2)cc1. The third kappa shape index (κ3) is 4.67. The molecule has 152 valence electrons. The number of hydrogen-bond donors (Lipinski definition) is 1.